The highest BCUT2D eigenvalue weighted by molar-refractivity contribution is 5.90. The van der Waals surface area contributed by atoms with Gasteiger partial charge in [-0.3, -0.25) is 9.89 Å². The molecule has 0 saturated carbocycles. The standard InChI is InChI=1S/C13H18N4O2/c1-13(2,3)12-15-10(16-17-12)11(18)14-7-6-9-5-4-8-19-9/h4-5,8H,6-7H2,1-3H3,(H,14,18)(H,15,16,17). The molecule has 2 rings (SSSR count). The monoisotopic (exact) mass is 262 g/mol. The fraction of sp³-hybridized carbons (Fsp3) is 0.462. The van der Waals surface area contributed by atoms with E-state index in [9.17, 15) is 4.79 Å². The summed E-state index contributed by atoms with van der Waals surface area (Å²) in [5, 5.41) is 9.47. The van der Waals surface area contributed by atoms with Crippen LogP contribution < -0.4 is 5.32 Å². The zero-order chi connectivity index (χ0) is 13.9. The normalized spacial score (nSPS) is 11.5. The second kappa shape index (κ2) is 5.26. The SMILES string of the molecule is CC(C)(C)c1nc(C(=O)NCCc2ccco2)n[nH]1. The predicted octanol–water partition coefficient (Wildman–Crippen LogP) is 1.67. The molecule has 0 aliphatic heterocycles. The highest BCUT2D eigenvalue weighted by Crippen LogP contribution is 2.17. The minimum Gasteiger partial charge on any atom is -0.469 e. The molecular weight excluding hydrogens is 244 g/mol. The van der Waals surface area contributed by atoms with Crippen LogP contribution in [0.3, 0.4) is 0 Å². The number of nitrogens with zero attached hydrogens (tertiary/aromatic N) is 2. The predicted molar refractivity (Wildman–Crippen MR) is 69.8 cm³/mol. The number of hydrogen-bond donors (Lipinski definition) is 2. The van der Waals surface area contributed by atoms with Gasteiger partial charge in [0.1, 0.15) is 11.6 Å². The number of H-pyrrole nitrogens is 1. The number of aromatic amines is 1. The number of hydrogen-bond acceptors (Lipinski definition) is 4. The summed E-state index contributed by atoms with van der Waals surface area (Å²) in [7, 11) is 0. The van der Waals surface area contributed by atoms with E-state index in [1.54, 1.807) is 6.26 Å². The topological polar surface area (TPSA) is 83.8 Å². The van der Waals surface area contributed by atoms with Gasteiger partial charge in [-0.05, 0) is 12.1 Å². The third kappa shape index (κ3) is 3.43. The molecular formula is C13H18N4O2. The van der Waals surface area contributed by atoms with E-state index in [1.165, 1.54) is 0 Å². The maximum atomic E-state index is 11.8. The van der Waals surface area contributed by atoms with Gasteiger partial charge >= 0.3 is 0 Å². The van der Waals surface area contributed by atoms with Crippen LogP contribution in [-0.2, 0) is 11.8 Å². The Morgan fingerprint density at radius 1 is 1.47 bits per heavy atom. The molecule has 1 amide bonds. The Hall–Kier alpha value is -2.11. The molecule has 0 fully saturated rings. The number of amides is 1. The van der Waals surface area contributed by atoms with Crippen molar-refractivity contribution in [2.45, 2.75) is 32.6 Å². The van der Waals surface area contributed by atoms with Gasteiger partial charge in [-0.1, -0.05) is 20.8 Å². The third-order valence-electron chi connectivity index (χ3n) is 2.64. The molecule has 0 atom stereocenters. The first-order chi connectivity index (χ1) is 8.97. The quantitative estimate of drug-likeness (QED) is 0.877. The second-order valence-electron chi connectivity index (χ2n) is 5.34. The van der Waals surface area contributed by atoms with Gasteiger partial charge in [-0.2, -0.15) is 0 Å². The van der Waals surface area contributed by atoms with Crippen LogP contribution in [0.4, 0.5) is 0 Å². The number of carbonyl (C=O) groups excluding carboxylic acids is 1. The maximum Gasteiger partial charge on any atom is 0.290 e. The number of furan rings is 1. The molecule has 19 heavy (non-hydrogen) atoms. The van der Waals surface area contributed by atoms with E-state index >= 15 is 0 Å². The minimum atomic E-state index is -0.279. The van der Waals surface area contributed by atoms with E-state index in [0.29, 0.717) is 18.8 Å². The zero-order valence-corrected chi connectivity index (χ0v) is 11.4. The van der Waals surface area contributed by atoms with Gasteiger partial charge in [0.15, 0.2) is 0 Å². The summed E-state index contributed by atoms with van der Waals surface area (Å²) in [5.41, 5.74) is -0.153. The van der Waals surface area contributed by atoms with Crippen LogP contribution in [0.5, 0.6) is 0 Å². The van der Waals surface area contributed by atoms with E-state index in [-0.39, 0.29) is 17.1 Å². The van der Waals surface area contributed by atoms with Crippen LogP contribution in [0, 0.1) is 0 Å². The van der Waals surface area contributed by atoms with Gasteiger partial charge in [-0.15, -0.1) is 5.10 Å². The van der Waals surface area contributed by atoms with Crippen molar-refractivity contribution < 1.29 is 9.21 Å². The second-order valence-corrected chi connectivity index (χ2v) is 5.34. The van der Waals surface area contributed by atoms with Crippen molar-refractivity contribution in [3.8, 4) is 0 Å². The summed E-state index contributed by atoms with van der Waals surface area (Å²) < 4.78 is 5.18. The Labute approximate surface area is 111 Å². The molecule has 6 heteroatoms. The van der Waals surface area contributed by atoms with Gasteiger partial charge in [0.2, 0.25) is 5.82 Å². The van der Waals surface area contributed by atoms with Crippen molar-refractivity contribution in [2.75, 3.05) is 6.54 Å². The van der Waals surface area contributed by atoms with Crippen LogP contribution in [0.1, 0.15) is 43.0 Å². The van der Waals surface area contributed by atoms with E-state index < -0.39 is 0 Å². The van der Waals surface area contributed by atoms with E-state index in [1.807, 2.05) is 32.9 Å². The molecule has 0 spiro atoms. The Morgan fingerprint density at radius 3 is 2.84 bits per heavy atom. The van der Waals surface area contributed by atoms with Crippen LogP contribution in [0.25, 0.3) is 0 Å². The van der Waals surface area contributed by atoms with Crippen LogP contribution in [0.15, 0.2) is 22.8 Å². The van der Waals surface area contributed by atoms with E-state index in [2.05, 4.69) is 20.5 Å². The number of nitrogens with one attached hydrogen (secondary N) is 2. The Balaban J connectivity index is 1.88. The molecule has 102 valence electrons. The van der Waals surface area contributed by atoms with Crippen molar-refractivity contribution in [1.29, 1.82) is 0 Å². The van der Waals surface area contributed by atoms with Crippen molar-refractivity contribution in [2.24, 2.45) is 0 Å². The van der Waals surface area contributed by atoms with Crippen molar-refractivity contribution in [3.63, 3.8) is 0 Å². The lowest BCUT2D eigenvalue weighted by Crippen LogP contribution is -2.26. The Morgan fingerprint density at radius 2 is 2.26 bits per heavy atom. The molecule has 0 bridgehead atoms. The molecule has 0 aliphatic rings. The molecule has 2 aromatic heterocycles. The molecule has 0 aromatic carbocycles. The Kier molecular flexibility index (Phi) is 3.69. The first-order valence-electron chi connectivity index (χ1n) is 6.20. The van der Waals surface area contributed by atoms with E-state index in [4.69, 9.17) is 4.42 Å². The van der Waals surface area contributed by atoms with Crippen molar-refractivity contribution in [1.82, 2.24) is 20.5 Å². The molecule has 2 N–H and O–H groups in total. The maximum absolute atomic E-state index is 11.8. The van der Waals surface area contributed by atoms with Crippen LogP contribution in [-0.4, -0.2) is 27.6 Å². The number of carbonyl (C=O) groups is 1. The highest BCUT2D eigenvalue weighted by Gasteiger charge is 2.21. The summed E-state index contributed by atoms with van der Waals surface area (Å²) in [6, 6.07) is 3.69. The van der Waals surface area contributed by atoms with Crippen molar-refractivity contribution >= 4 is 5.91 Å². The van der Waals surface area contributed by atoms with Gasteiger partial charge in [0, 0.05) is 18.4 Å². The largest absolute Gasteiger partial charge is 0.469 e. The smallest absolute Gasteiger partial charge is 0.290 e. The van der Waals surface area contributed by atoms with Gasteiger partial charge < -0.3 is 9.73 Å². The molecule has 0 saturated heterocycles. The van der Waals surface area contributed by atoms with Crippen LogP contribution in [0.2, 0.25) is 0 Å². The van der Waals surface area contributed by atoms with Gasteiger partial charge in [0.05, 0.1) is 6.26 Å². The average Bonchev–Trinajstić information content (AvgIpc) is 2.99. The summed E-state index contributed by atoms with van der Waals surface area (Å²) in [4.78, 5) is 16.0. The third-order valence-corrected chi connectivity index (χ3v) is 2.64. The summed E-state index contributed by atoms with van der Waals surface area (Å²) in [6.07, 6.45) is 2.26. The lowest BCUT2D eigenvalue weighted by molar-refractivity contribution is 0.0943. The zero-order valence-electron chi connectivity index (χ0n) is 11.4. The highest BCUT2D eigenvalue weighted by atomic mass is 16.3. The number of rotatable bonds is 4. The molecule has 0 unspecified atom stereocenters. The average molecular weight is 262 g/mol. The summed E-state index contributed by atoms with van der Waals surface area (Å²) in [5.74, 6) is 1.43. The van der Waals surface area contributed by atoms with E-state index in [0.717, 1.165) is 5.76 Å². The summed E-state index contributed by atoms with van der Waals surface area (Å²) in [6.45, 7) is 6.51. The molecule has 2 aromatic rings. The number of aromatic nitrogens is 3. The fourth-order valence-electron chi connectivity index (χ4n) is 1.53. The molecule has 0 radical (unpaired) electrons. The lowest BCUT2D eigenvalue weighted by atomic mass is 9.96. The van der Waals surface area contributed by atoms with Gasteiger partial charge in [0.25, 0.3) is 5.91 Å². The fourth-order valence-corrected chi connectivity index (χ4v) is 1.53. The lowest BCUT2D eigenvalue weighted by Gasteiger charge is -2.12. The Bertz CT molecular complexity index is 537. The minimum absolute atomic E-state index is 0.153. The van der Waals surface area contributed by atoms with Crippen LogP contribution >= 0.6 is 0 Å². The molecule has 6 nitrogen and oxygen atoms in total. The summed E-state index contributed by atoms with van der Waals surface area (Å²) >= 11 is 0. The molecule has 2 heterocycles. The first-order valence-corrected chi connectivity index (χ1v) is 6.20. The van der Waals surface area contributed by atoms with Gasteiger partial charge in [-0.25, -0.2) is 4.98 Å². The van der Waals surface area contributed by atoms with Crippen molar-refractivity contribution in [3.05, 3.63) is 35.8 Å². The molecule has 0 aliphatic carbocycles. The first kappa shape index (κ1) is 13.3.